The third-order valence-electron chi connectivity index (χ3n) is 14.8. The molecular formula is C42H65N3O52S6. The molecule has 61 heteroatoms. The molecule has 6 heterocycles. The highest BCUT2D eigenvalue weighted by atomic mass is 32.3. The van der Waals surface area contributed by atoms with Crippen LogP contribution in [0.5, 0.6) is 0 Å². The molecule has 6 rings (SSSR count). The van der Waals surface area contributed by atoms with Gasteiger partial charge in [-0.2, -0.15) is 50.5 Å². The van der Waals surface area contributed by atoms with Crippen LogP contribution >= 0.6 is 0 Å². The second-order valence-electron chi connectivity index (χ2n) is 22.2. The summed E-state index contributed by atoms with van der Waals surface area (Å²) < 4.78 is 289. The number of hydrogen-bond acceptors (Lipinski definition) is 43. The van der Waals surface area contributed by atoms with Gasteiger partial charge in [-0.3, -0.25) is 41.7 Å². The summed E-state index contributed by atoms with van der Waals surface area (Å²) in [6, 6.07) is -7.51. The monoisotopic (exact) mass is 1640 g/mol. The fourth-order valence-corrected chi connectivity index (χ4v) is 13.2. The van der Waals surface area contributed by atoms with Crippen molar-refractivity contribution in [2.75, 3.05) is 19.8 Å². The highest BCUT2D eigenvalue weighted by Gasteiger charge is 2.62. The molecule has 20 N–H and O–H groups in total. The van der Waals surface area contributed by atoms with E-state index in [0.29, 0.717) is 20.8 Å². The number of rotatable bonds is 31. The Morgan fingerprint density at radius 3 is 0.864 bits per heavy atom. The van der Waals surface area contributed by atoms with Crippen molar-refractivity contribution in [3.05, 3.63) is 0 Å². The normalized spacial score (nSPS) is 39.5. The quantitative estimate of drug-likeness (QED) is 0.0287. The Morgan fingerprint density at radius 1 is 0.311 bits per heavy atom. The predicted octanol–water partition coefficient (Wildman–Crippen LogP) is -14.4. The second kappa shape index (κ2) is 34.2. The molecule has 103 heavy (non-hydrogen) atoms. The van der Waals surface area contributed by atoms with Crippen LogP contribution in [-0.2, 0) is 168 Å². The number of aliphatic carboxylic acids is 3. The van der Waals surface area contributed by atoms with Gasteiger partial charge in [-0.25, -0.2) is 39.5 Å². The zero-order chi connectivity index (χ0) is 78.0. The number of hydrogen-bond donors (Lipinski definition) is 20. The second-order valence-corrected chi connectivity index (χ2v) is 28.6. The number of aliphatic hydroxyl groups is 8. The van der Waals surface area contributed by atoms with Gasteiger partial charge >= 0.3 is 80.3 Å². The van der Waals surface area contributed by atoms with Crippen LogP contribution in [0.1, 0.15) is 20.8 Å². The first-order chi connectivity index (χ1) is 47.0. The van der Waals surface area contributed by atoms with E-state index in [1.807, 2.05) is 16.0 Å². The van der Waals surface area contributed by atoms with Gasteiger partial charge in [0.25, 0.3) is 0 Å². The fraction of sp³-hybridized carbons (Fsp3) is 0.857. The molecule has 0 radical (unpaired) electrons. The largest absolute Gasteiger partial charge is 0.479 e. The molecule has 0 aromatic heterocycles. The molecule has 0 bridgehead atoms. The maximum absolute atomic E-state index is 13.3. The van der Waals surface area contributed by atoms with Crippen LogP contribution < -0.4 is 16.0 Å². The van der Waals surface area contributed by atoms with Crippen molar-refractivity contribution in [1.82, 2.24) is 16.0 Å². The molecular weight excluding hydrogens is 1570 g/mol. The summed E-state index contributed by atoms with van der Waals surface area (Å²) in [6.07, 6.45) is -75.2. The lowest BCUT2D eigenvalue weighted by Gasteiger charge is -2.51. The third kappa shape index (κ3) is 23.9. The summed E-state index contributed by atoms with van der Waals surface area (Å²) in [5.74, 6) is -10.8. The molecule has 55 nitrogen and oxygen atoms in total. The van der Waals surface area contributed by atoms with Gasteiger partial charge in [0.15, 0.2) is 56.1 Å². The van der Waals surface area contributed by atoms with E-state index in [2.05, 4.69) is 25.1 Å². The van der Waals surface area contributed by atoms with Crippen molar-refractivity contribution in [2.24, 2.45) is 0 Å². The van der Waals surface area contributed by atoms with Crippen LogP contribution in [0.25, 0.3) is 0 Å². The Labute approximate surface area is 576 Å². The minimum atomic E-state index is -6.13. The molecule has 6 aliphatic heterocycles. The van der Waals surface area contributed by atoms with Gasteiger partial charge in [-0.1, -0.05) is 0 Å². The molecule has 596 valence electrons. The number of ether oxygens (including phenoxy) is 11. The first kappa shape index (κ1) is 87.2. The smallest absolute Gasteiger partial charge is 0.397 e. The standard InChI is InChI=1S/C42H65N3O52S6/c1-7(46)43-13-16(49)23(95-101(72,73)74)10(4-81-98(63,64)65)84-38(13)90-29-18(51)21(54)41(93-32(29)35(58)59)89-27-15(45-9(3)48)40(86-12(6-83-100(69,70)71)25(27)97-103(78,79)80)92-30-19(52)22(55)42(94-33(30)36(60)61)88-26-14(44-8(2)47)39(91-28-17(50)20(53)37(62)87-31(28)34(56)57)85-11(5-82-99(66,67)68)24(26)96-102(75,76)77/h10-33,37-42,49-55,62H,4-6H2,1-3H3,(H,43,46)(H,44,47)(H,45,48)(H,56,57)(H,58,59)(H,60,61)(H,63,64,65)(H,66,67,68)(H,69,70,71)(H,72,73,74)(H,75,76,77)(H,78,79,80)/t10-,11-,12-,13-,14-,15-,16?,17-,18-,19-,20-,21-,22-,23+,24+,25+,26-,27-,28+,29+,30+,31+,32+,33+,37-,38+,39+,40+,41-,42-/m1/s1. The molecule has 3 amide bonds. The first-order valence-electron chi connectivity index (χ1n) is 28.0. The summed E-state index contributed by atoms with van der Waals surface area (Å²) in [6.45, 7) is -3.29. The van der Waals surface area contributed by atoms with Gasteiger partial charge < -0.3 is 124 Å². The fourth-order valence-electron chi connectivity index (χ4n) is 10.8. The van der Waals surface area contributed by atoms with Gasteiger partial charge in [-0.15, -0.1) is 0 Å². The Morgan fingerprint density at radius 2 is 0.573 bits per heavy atom. The van der Waals surface area contributed by atoms with Crippen LogP contribution in [0.3, 0.4) is 0 Å². The van der Waals surface area contributed by atoms with E-state index in [-0.39, 0.29) is 0 Å². The molecule has 0 spiro atoms. The molecule has 0 aromatic carbocycles. The maximum atomic E-state index is 13.3. The number of nitrogens with one attached hydrogen (secondary N) is 3. The molecule has 0 aliphatic carbocycles. The van der Waals surface area contributed by atoms with Crippen molar-refractivity contribution >= 4 is 98.0 Å². The lowest BCUT2D eigenvalue weighted by Crippen LogP contribution is -2.72. The lowest BCUT2D eigenvalue weighted by atomic mass is 9.93. The average Bonchev–Trinajstić information content (AvgIpc) is 0.763. The first-order valence-corrected chi connectivity index (χ1v) is 36.2. The summed E-state index contributed by atoms with van der Waals surface area (Å²) in [5.41, 5.74) is 0. The summed E-state index contributed by atoms with van der Waals surface area (Å²) in [4.78, 5) is 77.1. The summed E-state index contributed by atoms with van der Waals surface area (Å²) >= 11 is 0. The predicted molar refractivity (Wildman–Crippen MR) is 298 cm³/mol. The SMILES string of the molecule is CC(=O)N[C@H]1[C@H](O[C@H]2[C@H](O)[C@@H](O)[C@H](O)O[C@@H]2C(=O)O)O[C@H](COS(=O)(=O)O)[C@H](OS(=O)(=O)O)[C@@H]1O[C@@H]1O[C@H](C(=O)O)[C@@H](O[C@@H]2O[C@H](COS(=O)(=O)O)[C@H](OS(=O)(=O)O)[C@H](O[C@@H]3O[C@H](C(=O)O)[C@@H](O[C@@H]4O[C@H](COS(=O)(=O)O)[C@H](OS(=O)(=O)O)C(O)[C@H]4NC(C)=O)[C@H](O)[C@H]3O)[C@H]2NC(C)=O)[C@H](O)[C@H]1O. The number of carbonyl (C=O) groups excluding carboxylic acids is 3. The van der Waals surface area contributed by atoms with Crippen LogP contribution in [0.4, 0.5) is 0 Å². The van der Waals surface area contributed by atoms with Gasteiger partial charge in [-0.05, 0) is 0 Å². The van der Waals surface area contributed by atoms with Crippen molar-refractivity contribution < 1.29 is 240 Å². The molecule has 6 fully saturated rings. The van der Waals surface area contributed by atoms with Crippen LogP contribution in [-0.4, -0.2) is 373 Å². The van der Waals surface area contributed by atoms with Gasteiger partial charge in [0.05, 0.1) is 19.8 Å². The van der Waals surface area contributed by atoms with E-state index >= 15 is 0 Å². The van der Waals surface area contributed by atoms with Gasteiger partial charge in [0.2, 0.25) is 17.7 Å². The molecule has 1 unspecified atom stereocenters. The Bertz CT molecular complexity index is 3740. The number of aliphatic hydroxyl groups excluding tert-OH is 8. The summed E-state index contributed by atoms with van der Waals surface area (Å²) in [5, 5.41) is 127. The number of carboxylic acids is 3. The van der Waals surface area contributed by atoms with Gasteiger partial charge in [0, 0.05) is 20.8 Å². The Kier molecular flexibility index (Phi) is 29.0. The molecule has 0 aromatic rings. The molecule has 6 saturated heterocycles. The molecule has 6 aliphatic rings. The van der Waals surface area contributed by atoms with Crippen LogP contribution in [0.2, 0.25) is 0 Å². The van der Waals surface area contributed by atoms with Crippen molar-refractivity contribution in [1.29, 1.82) is 0 Å². The zero-order valence-corrected chi connectivity index (χ0v) is 56.2. The zero-order valence-electron chi connectivity index (χ0n) is 51.3. The maximum Gasteiger partial charge on any atom is 0.397 e. The van der Waals surface area contributed by atoms with E-state index < -0.39 is 302 Å². The van der Waals surface area contributed by atoms with Crippen molar-refractivity contribution in [3.8, 4) is 0 Å². The van der Waals surface area contributed by atoms with Crippen molar-refractivity contribution in [2.45, 2.75) is 205 Å². The topological polar surface area (TPSA) is 844 Å². The van der Waals surface area contributed by atoms with E-state index in [9.17, 15) is 163 Å². The minimum absolute atomic E-state index is 0.583. The Hall–Kier alpha value is -4.72. The van der Waals surface area contributed by atoms with Crippen LogP contribution in [0.15, 0.2) is 0 Å². The summed E-state index contributed by atoms with van der Waals surface area (Å²) in [7, 11) is -35.0. The van der Waals surface area contributed by atoms with E-state index in [4.69, 9.17) is 52.1 Å². The van der Waals surface area contributed by atoms with Gasteiger partial charge in [0.1, 0.15) is 128 Å². The molecule has 0 saturated carbocycles. The number of amides is 3. The number of carbonyl (C=O) groups is 6. The number of carboxylic acid groups (broad SMARTS) is 3. The van der Waals surface area contributed by atoms with E-state index in [1.165, 1.54) is 0 Å². The third-order valence-corrected chi connectivity index (χ3v) is 17.5. The highest BCUT2D eigenvalue weighted by molar-refractivity contribution is 7.82. The Balaban J connectivity index is 1.42. The highest BCUT2D eigenvalue weighted by Crippen LogP contribution is 2.40. The van der Waals surface area contributed by atoms with Crippen LogP contribution in [0, 0.1) is 0 Å². The van der Waals surface area contributed by atoms with E-state index in [1.54, 1.807) is 0 Å². The van der Waals surface area contributed by atoms with Crippen molar-refractivity contribution in [3.63, 3.8) is 0 Å². The average molecular weight is 1640 g/mol. The lowest BCUT2D eigenvalue weighted by molar-refractivity contribution is -0.375. The molecule has 30 atom stereocenters. The minimum Gasteiger partial charge on any atom is -0.479 e. The van der Waals surface area contributed by atoms with E-state index in [0.717, 1.165) is 0 Å².